The molecule has 1 unspecified atom stereocenters. The van der Waals surface area contributed by atoms with E-state index >= 15 is 0 Å². The van der Waals surface area contributed by atoms with Crippen molar-refractivity contribution in [1.82, 2.24) is 10.2 Å². The van der Waals surface area contributed by atoms with Gasteiger partial charge < -0.3 is 20.6 Å². The SMILES string of the molecule is Cc1ccc(NC(=O)NCC2CCCN2C)cc1C(=O)O. The first-order chi connectivity index (χ1) is 9.97. The molecule has 1 heterocycles. The van der Waals surface area contributed by atoms with Crippen molar-refractivity contribution >= 4 is 17.7 Å². The zero-order valence-electron chi connectivity index (χ0n) is 12.3. The quantitative estimate of drug-likeness (QED) is 0.791. The fourth-order valence-corrected chi connectivity index (χ4v) is 2.55. The van der Waals surface area contributed by atoms with Crippen LogP contribution in [0.1, 0.15) is 28.8 Å². The number of nitrogens with zero attached hydrogens (tertiary/aromatic N) is 1. The highest BCUT2D eigenvalue weighted by atomic mass is 16.4. The molecule has 1 aliphatic rings. The number of carboxylic acids is 1. The number of aromatic carboxylic acids is 1. The Kier molecular flexibility index (Phi) is 4.80. The summed E-state index contributed by atoms with van der Waals surface area (Å²) < 4.78 is 0. The molecule has 0 aliphatic carbocycles. The third kappa shape index (κ3) is 3.95. The predicted octanol–water partition coefficient (Wildman–Crippen LogP) is 1.91. The average molecular weight is 291 g/mol. The van der Waals surface area contributed by atoms with Gasteiger partial charge in [0.2, 0.25) is 0 Å². The van der Waals surface area contributed by atoms with Crippen molar-refractivity contribution in [2.75, 3.05) is 25.5 Å². The van der Waals surface area contributed by atoms with E-state index in [2.05, 4.69) is 22.6 Å². The summed E-state index contributed by atoms with van der Waals surface area (Å²) in [6.07, 6.45) is 2.24. The molecule has 0 radical (unpaired) electrons. The molecule has 0 bridgehead atoms. The smallest absolute Gasteiger partial charge is 0.336 e. The Hall–Kier alpha value is -2.08. The Labute approximate surface area is 124 Å². The molecule has 1 aromatic rings. The van der Waals surface area contributed by atoms with Gasteiger partial charge in [-0.3, -0.25) is 0 Å². The van der Waals surface area contributed by atoms with Gasteiger partial charge in [0.05, 0.1) is 5.56 Å². The van der Waals surface area contributed by atoms with E-state index in [1.165, 1.54) is 6.07 Å². The maximum Gasteiger partial charge on any atom is 0.336 e. The van der Waals surface area contributed by atoms with Crippen LogP contribution in [0.2, 0.25) is 0 Å². The minimum atomic E-state index is -0.996. The maximum atomic E-state index is 11.9. The second-order valence-electron chi connectivity index (χ2n) is 5.45. The van der Waals surface area contributed by atoms with Crippen molar-refractivity contribution < 1.29 is 14.7 Å². The number of carbonyl (C=O) groups excluding carboxylic acids is 1. The van der Waals surface area contributed by atoms with Crippen LogP contribution in [-0.2, 0) is 0 Å². The number of urea groups is 1. The normalized spacial score (nSPS) is 18.5. The molecule has 0 aromatic heterocycles. The van der Waals surface area contributed by atoms with Gasteiger partial charge in [0.1, 0.15) is 0 Å². The summed E-state index contributed by atoms with van der Waals surface area (Å²) in [5, 5.41) is 14.6. The van der Waals surface area contributed by atoms with Crippen LogP contribution in [0.25, 0.3) is 0 Å². The highest BCUT2D eigenvalue weighted by Crippen LogP contribution is 2.16. The van der Waals surface area contributed by atoms with E-state index in [1.54, 1.807) is 19.1 Å². The number of aryl methyl sites for hydroxylation is 1. The lowest BCUT2D eigenvalue weighted by atomic mass is 10.1. The molecule has 2 rings (SSSR count). The number of carboxylic acid groups (broad SMARTS) is 1. The van der Waals surface area contributed by atoms with Gasteiger partial charge in [0.25, 0.3) is 0 Å². The molecule has 1 fully saturated rings. The van der Waals surface area contributed by atoms with Crippen molar-refractivity contribution in [2.45, 2.75) is 25.8 Å². The lowest BCUT2D eigenvalue weighted by molar-refractivity contribution is 0.0696. The average Bonchev–Trinajstić information content (AvgIpc) is 2.84. The Morgan fingerprint density at radius 2 is 2.19 bits per heavy atom. The van der Waals surface area contributed by atoms with Crippen molar-refractivity contribution in [2.24, 2.45) is 0 Å². The van der Waals surface area contributed by atoms with Crippen molar-refractivity contribution in [3.05, 3.63) is 29.3 Å². The molecular weight excluding hydrogens is 270 g/mol. The van der Waals surface area contributed by atoms with Crippen molar-refractivity contribution in [1.29, 1.82) is 0 Å². The molecule has 6 nitrogen and oxygen atoms in total. The monoisotopic (exact) mass is 291 g/mol. The molecule has 114 valence electrons. The molecule has 6 heteroatoms. The third-order valence-electron chi connectivity index (χ3n) is 3.90. The zero-order valence-corrected chi connectivity index (χ0v) is 12.3. The molecule has 21 heavy (non-hydrogen) atoms. The first-order valence-electron chi connectivity index (χ1n) is 7.06. The zero-order chi connectivity index (χ0) is 15.4. The van der Waals surface area contributed by atoms with Crippen LogP contribution in [-0.4, -0.2) is 48.2 Å². The summed E-state index contributed by atoms with van der Waals surface area (Å²) in [5.74, 6) is -0.996. The van der Waals surface area contributed by atoms with Crippen LogP contribution < -0.4 is 10.6 Å². The lowest BCUT2D eigenvalue weighted by Crippen LogP contribution is -2.40. The third-order valence-corrected chi connectivity index (χ3v) is 3.90. The van der Waals surface area contributed by atoms with E-state index < -0.39 is 5.97 Å². The Bertz CT molecular complexity index is 545. The van der Waals surface area contributed by atoms with Gasteiger partial charge in [0.15, 0.2) is 0 Å². The number of carbonyl (C=O) groups is 2. The minimum Gasteiger partial charge on any atom is -0.478 e. The maximum absolute atomic E-state index is 11.9. The van der Waals surface area contributed by atoms with Gasteiger partial charge in [-0.1, -0.05) is 6.07 Å². The van der Waals surface area contributed by atoms with Gasteiger partial charge in [-0.25, -0.2) is 9.59 Å². The molecule has 0 spiro atoms. The molecule has 1 aliphatic heterocycles. The molecule has 2 amide bonds. The van der Waals surface area contributed by atoms with E-state index in [1.807, 2.05) is 0 Å². The van der Waals surface area contributed by atoms with E-state index in [4.69, 9.17) is 5.11 Å². The molecule has 1 atom stereocenters. The molecule has 1 aromatic carbocycles. The van der Waals surface area contributed by atoms with Crippen LogP contribution in [0.15, 0.2) is 18.2 Å². The van der Waals surface area contributed by atoms with Crippen molar-refractivity contribution in [3.8, 4) is 0 Å². The molecule has 0 saturated carbocycles. The van der Waals surface area contributed by atoms with Gasteiger partial charge in [0, 0.05) is 18.3 Å². The van der Waals surface area contributed by atoms with Gasteiger partial charge in [-0.05, 0) is 51.1 Å². The highest BCUT2D eigenvalue weighted by Gasteiger charge is 2.21. The number of hydrogen-bond donors (Lipinski definition) is 3. The topological polar surface area (TPSA) is 81.7 Å². The lowest BCUT2D eigenvalue weighted by Gasteiger charge is -2.19. The Morgan fingerprint density at radius 1 is 1.43 bits per heavy atom. The number of anilines is 1. The van der Waals surface area contributed by atoms with E-state index in [-0.39, 0.29) is 11.6 Å². The number of nitrogens with one attached hydrogen (secondary N) is 2. The summed E-state index contributed by atoms with van der Waals surface area (Å²) in [6.45, 7) is 3.39. The van der Waals surface area contributed by atoms with Crippen LogP contribution in [0.4, 0.5) is 10.5 Å². The minimum absolute atomic E-state index is 0.198. The fraction of sp³-hybridized carbons (Fsp3) is 0.467. The summed E-state index contributed by atoms with van der Waals surface area (Å²) in [5.41, 5.74) is 1.35. The fourth-order valence-electron chi connectivity index (χ4n) is 2.55. The second kappa shape index (κ2) is 6.58. The Balaban J connectivity index is 1.90. The highest BCUT2D eigenvalue weighted by molar-refractivity contribution is 5.94. The van der Waals surface area contributed by atoms with Gasteiger partial charge in [-0.15, -0.1) is 0 Å². The summed E-state index contributed by atoms with van der Waals surface area (Å²) in [6, 6.07) is 4.92. The number of likely N-dealkylation sites (tertiary alicyclic amines) is 1. The number of amides is 2. The van der Waals surface area contributed by atoms with Crippen molar-refractivity contribution in [3.63, 3.8) is 0 Å². The van der Waals surface area contributed by atoms with Gasteiger partial charge in [-0.2, -0.15) is 0 Å². The van der Waals surface area contributed by atoms with E-state index in [0.717, 1.165) is 19.4 Å². The van der Waals surface area contributed by atoms with Crippen LogP contribution in [0.5, 0.6) is 0 Å². The first-order valence-corrected chi connectivity index (χ1v) is 7.06. The second-order valence-corrected chi connectivity index (χ2v) is 5.45. The number of hydrogen-bond acceptors (Lipinski definition) is 3. The summed E-state index contributed by atoms with van der Waals surface area (Å²) in [7, 11) is 2.05. The van der Waals surface area contributed by atoms with Crippen LogP contribution in [0.3, 0.4) is 0 Å². The molecule has 1 saturated heterocycles. The summed E-state index contributed by atoms with van der Waals surface area (Å²) >= 11 is 0. The molecule has 3 N–H and O–H groups in total. The summed E-state index contributed by atoms with van der Waals surface area (Å²) in [4.78, 5) is 25.1. The number of rotatable bonds is 4. The number of benzene rings is 1. The van der Waals surface area contributed by atoms with E-state index in [9.17, 15) is 9.59 Å². The Morgan fingerprint density at radius 3 is 2.81 bits per heavy atom. The van der Waals surface area contributed by atoms with Gasteiger partial charge >= 0.3 is 12.0 Å². The van der Waals surface area contributed by atoms with E-state index in [0.29, 0.717) is 23.8 Å². The van der Waals surface area contributed by atoms with Crippen LogP contribution in [0, 0.1) is 6.92 Å². The standard InChI is InChI=1S/C15H21N3O3/c1-10-5-6-11(8-13(10)14(19)20)17-15(21)16-9-12-4-3-7-18(12)2/h5-6,8,12H,3-4,7,9H2,1-2H3,(H,19,20)(H2,16,17,21). The van der Waals surface area contributed by atoms with Crippen LogP contribution >= 0.6 is 0 Å². The molecular formula is C15H21N3O3. The predicted molar refractivity (Wildman–Crippen MR) is 80.8 cm³/mol. The largest absolute Gasteiger partial charge is 0.478 e. The number of likely N-dealkylation sites (N-methyl/N-ethyl adjacent to an activating group) is 1. The first kappa shape index (κ1) is 15.3.